The summed E-state index contributed by atoms with van der Waals surface area (Å²) in [6.07, 6.45) is 1.31. The van der Waals surface area contributed by atoms with Crippen molar-refractivity contribution in [2.75, 3.05) is 0 Å². The molecule has 1 aromatic carbocycles. The highest BCUT2D eigenvalue weighted by Gasteiger charge is 2.20. The third-order valence-corrected chi connectivity index (χ3v) is 3.97. The van der Waals surface area contributed by atoms with Gasteiger partial charge in [0.2, 0.25) is 0 Å². The molecule has 3 aromatic rings. The van der Waals surface area contributed by atoms with E-state index in [1.165, 1.54) is 23.0 Å². The van der Waals surface area contributed by atoms with Crippen LogP contribution in [0.2, 0.25) is 0 Å². The average molecular weight is 410 g/mol. The number of hydrazine groups is 1. The Balaban J connectivity index is 1.79. The van der Waals surface area contributed by atoms with Gasteiger partial charge >= 0.3 is 11.9 Å². The number of nitrogens with two attached hydrogens (primary N) is 1. The second-order valence-corrected chi connectivity index (χ2v) is 7.43. The van der Waals surface area contributed by atoms with Gasteiger partial charge in [-0.15, -0.1) is 0 Å². The topological polar surface area (TPSA) is 145 Å². The maximum absolute atomic E-state index is 12.5. The Kier molecular flexibility index (Phi) is 5.79. The number of pyridine rings is 1. The Labute approximate surface area is 172 Å². The molecule has 0 aliphatic rings. The van der Waals surface area contributed by atoms with Crippen molar-refractivity contribution in [2.24, 2.45) is 5.84 Å². The highest BCUT2D eigenvalue weighted by atomic mass is 16.6. The van der Waals surface area contributed by atoms with Crippen LogP contribution in [0.1, 0.15) is 42.4 Å². The Morgan fingerprint density at radius 1 is 1.13 bits per heavy atom. The fourth-order valence-electron chi connectivity index (χ4n) is 2.69. The molecule has 0 aliphatic heterocycles. The smallest absolute Gasteiger partial charge is 0.343 e. The second-order valence-electron chi connectivity index (χ2n) is 7.43. The number of aromatic nitrogens is 3. The summed E-state index contributed by atoms with van der Waals surface area (Å²) in [5, 5.41) is 11.7. The molecule has 4 N–H and O–H groups in total. The second kappa shape index (κ2) is 8.29. The van der Waals surface area contributed by atoms with E-state index in [1.54, 1.807) is 45.0 Å². The lowest BCUT2D eigenvalue weighted by Gasteiger charge is -2.19. The molecule has 0 atom stereocenters. The van der Waals surface area contributed by atoms with Gasteiger partial charge < -0.3 is 14.9 Å². The van der Waals surface area contributed by atoms with Gasteiger partial charge in [0.05, 0.1) is 17.7 Å². The van der Waals surface area contributed by atoms with Crippen molar-refractivity contribution in [1.82, 2.24) is 20.0 Å². The molecule has 0 radical (unpaired) electrons. The van der Waals surface area contributed by atoms with E-state index < -0.39 is 17.5 Å². The Morgan fingerprint density at radius 3 is 2.43 bits per heavy atom. The largest absolute Gasteiger partial charge is 0.460 e. The predicted octanol–water partition coefficient (Wildman–Crippen LogP) is 1.62. The van der Waals surface area contributed by atoms with Gasteiger partial charge in [-0.2, -0.15) is 5.10 Å². The SMILES string of the molecule is CC(C)(C)OC(=O)Cc1ccc(OC(=O)c2ccc(C(=N)NN)cc2)c2ncnn12. The molecule has 0 aliphatic carbocycles. The van der Waals surface area contributed by atoms with Crippen molar-refractivity contribution >= 4 is 23.4 Å². The summed E-state index contributed by atoms with van der Waals surface area (Å²) in [4.78, 5) is 28.8. The molecular weight excluding hydrogens is 388 g/mol. The number of nitrogens with one attached hydrogen (secondary N) is 2. The molecule has 2 heterocycles. The number of benzene rings is 1. The molecule has 0 amide bonds. The summed E-state index contributed by atoms with van der Waals surface area (Å²) in [5.74, 6) is 4.44. The van der Waals surface area contributed by atoms with Gasteiger partial charge in [-0.25, -0.2) is 20.1 Å². The Bertz CT molecular complexity index is 1100. The summed E-state index contributed by atoms with van der Waals surface area (Å²) in [6, 6.07) is 9.41. The highest BCUT2D eigenvalue weighted by Crippen LogP contribution is 2.21. The molecular formula is C20H22N6O4. The molecule has 10 heteroatoms. The van der Waals surface area contributed by atoms with E-state index in [0.717, 1.165) is 0 Å². The molecule has 0 unspecified atom stereocenters. The maximum Gasteiger partial charge on any atom is 0.343 e. The van der Waals surface area contributed by atoms with Gasteiger partial charge in [0, 0.05) is 5.56 Å². The molecule has 3 rings (SSSR count). The van der Waals surface area contributed by atoms with Gasteiger partial charge in [0.15, 0.2) is 11.4 Å². The van der Waals surface area contributed by atoms with Gasteiger partial charge in [-0.1, -0.05) is 12.1 Å². The molecule has 0 fully saturated rings. The van der Waals surface area contributed by atoms with Crippen LogP contribution < -0.4 is 16.0 Å². The van der Waals surface area contributed by atoms with Crippen molar-refractivity contribution in [3.63, 3.8) is 0 Å². The molecule has 156 valence electrons. The van der Waals surface area contributed by atoms with Crippen LogP contribution in [0.4, 0.5) is 0 Å². The first-order valence-corrected chi connectivity index (χ1v) is 9.09. The number of carbonyl (C=O) groups is 2. The quantitative estimate of drug-likeness (QED) is 0.189. The third kappa shape index (κ3) is 4.78. The zero-order chi connectivity index (χ0) is 21.9. The lowest BCUT2D eigenvalue weighted by Crippen LogP contribution is -2.30. The van der Waals surface area contributed by atoms with Gasteiger partial charge in [0.25, 0.3) is 0 Å². The van der Waals surface area contributed by atoms with Gasteiger partial charge in [-0.05, 0) is 45.0 Å². The number of carbonyl (C=O) groups excluding carboxylic acids is 2. The van der Waals surface area contributed by atoms with Crippen molar-refractivity contribution in [3.05, 3.63) is 59.5 Å². The number of esters is 2. The van der Waals surface area contributed by atoms with Gasteiger partial charge in [0.1, 0.15) is 17.8 Å². The number of hydrogen-bond donors (Lipinski definition) is 3. The first kappa shape index (κ1) is 20.9. The first-order valence-electron chi connectivity index (χ1n) is 9.09. The highest BCUT2D eigenvalue weighted by molar-refractivity contribution is 5.97. The van der Waals surface area contributed by atoms with E-state index in [9.17, 15) is 9.59 Å². The fourth-order valence-corrected chi connectivity index (χ4v) is 2.69. The molecule has 0 saturated carbocycles. The fraction of sp³-hybridized carbons (Fsp3) is 0.250. The predicted molar refractivity (Wildman–Crippen MR) is 108 cm³/mol. The van der Waals surface area contributed by atoms with Crippen LogP contribution in [-0.4, -0.2) is 38.0 Å². The van der Waals surface area contributed by atoms with E-state index in [1.807, 2.05) is 0 Å². The number of ether oxygens (including phenoxy) is 2. The van der Waals surface area contributed by atoms with Crippen molar-refractivity contribution in [1.29, 1.82) is 5.41 Å². The molecule has 30 heavy (non-hydrogen) atoms. The van der Waals surface area contributed by atoms with Crippen molar-refractivity contribution in [3.8, 4) is 5.75 Å². The van der Waals surface area contributed by atoms with E-state index >= 15 is 0 Å². The summed E-state index contributed by atoms with van der Waals surface area (Å²) < 4.78 is 12.2. The zero-order valence-electron chi connectivity index (χ0n) is 16.8. The molecule has 0 spiro atoms. The minimum absolute atomic E-state index is 0.00600. The number of fused-ring (bicyclic) bond motifs is 1. The number of amidine groups is 1. The molecule has 0 bridgehead atoms. The normalized spacial score (nSPS) is 11.2. The summed E-state index contributed by atoms with van der Waals surface area (Å²) in [5.41, 5.74) is 3.31. The average Bonchev–Trinajstić information content (AvgIpc) is 3.18. The lowest BCUT2D eigenvalue weighted by molar-refractivity contribution is -0.154. The summed E-state index contributed by atoms with van der Waals surface area (Å²) in [7, 11) is 0. The van der Waals surface area contributed by atoms with Crippen LogP contribution in [0.25, 0.3) is 5.65 Å². The van der Waals surface area contributed by atoms with E-state index in [2.05, 4.69) is 15.5 Å². The molecule has 10 nitrogen and oxygen atoms in total. The van der Waals surface area contributed by atoms with Gasteiger partial charge in [-0.3, -0.25) is 10.2 Å². The molecule has 0 saturated heterocycles. The van der Waals surface area contributed by atoms with E-state index in [0.29, 0.717) is 22.5 Å². The zero-order valence-corrected chi connectivity index (χ0v) is 16.8. The Hall–Kier alpha value is -3.79. The van der Waals surface area contributed by atoms with Crippen LogP contribution in [-0.2, 0) is 16.0 Å². The monoisotopic (exact) mass is 410 g/mol. The van der Waals surface area contributed by atoms with Crippen LogP contribution in [0, 0.1) is 5.41 Å². The number of hydrogen-bond acceptors (Lipinski definition) is 8. The van der Waals surface area contributed by atoms with Crippen molar-refractivity contribution < 1.29 is 19.1 Å². The molecule has 2 aromatic heterocycles. The third-order valence-electron chi connectivity index (χ3n) is 3.97. The standard InChI is InChI=1S/C20H22N6O4/c1-20(2,3)30-16(27)10-14-8-9-15(18-23-11-24-26(14)18)29-19(28)13-6-4-12(5-7-13)17(21)25-22/h4-9,11H,10,22H2,1-3H3,(H2,21,25). The summed E-state index contributed by atoms with van der Waals surface area (Å²) >= 11 is 0. The number of nitrogens with zero attached hydrogens (tertiary/aromatic N) is 3. The van der Waals surface area contributed by atoms with Crippen LogP contribution in [0.15, 0.2) is 42.7 Å². The Morgan fingerprint density at radius 2 is 1.80 bits per heavy atom. The number of rotatable bonds is 5. The van der Waals surface area contributed by atoms with E-state index in [-0.39, 0.29) is 18.0 Å². The van der Waals surface area contributed by atoms with Crippen molar-refractivity contribution in [2.45, 2.75) is 32.8 Å². The first-order chi connectivity index (χ1) is 14.2. The van der Waals surface area contributed by atoms with Crippen LogP contribution in [0.5, 0.6) is 5.75 Å². The maximum atomic E-state index is 12.5. The lowest BCUT2D eigenvalue weighted by atomic mass is 10.1. The minimum Gasteiger partial charge on any atom is -0.460 e. The van der Waals surface area contributed by atoms with E-state index in [4.69, 9.17) is 20.7 Å². The summed E-state index contributed by atoms with van der Waals surface area (Å²) in [6.45, 7) is 5.38. The minimum atomic E-state index is -0.599. The van der Waals surface area contributed by atoms with Crippen LogP contribution >= 0.6 is 0 Å². The van der Waals surface area contributed by atoms with Crippen LogP contribution in [0.3, 0.4) is 0 Å².